The molecule has 3 heteroatoms. The quantitative estimate of drug-likeness (QED) is 0.464. The molecule has 2 nitrogen and oxygen atoms in total. The van der Waals surface area contributed by atoms with Gasteiger partial charge in [0, 0.05) is 47.0 Å². The monoisotopic (exact) mass is 476 g/mol. The van der Waals surface area contributed by atoms with Crippen molar-refractivity contribution < 1.29 is 0 Å². The third-order valence-electron chi connectivity index (χ3n) is 6.74. The summed E-state index contributed by atoms with van der Waals surface area (Å²) in [6.45, 7) is 15.3. The van der Waals surface area contributed by atoms with Crippen molar-refractivity contribution in [1.82, 2.24) is 10.2 Å². The molecule has 2 unspecified atom stereocenters. The Bertz CT molecular complexity index is 1060. The van der Waals surface area contributed by atoms with Crippen LogP contribution in [0, 0.1) is 0 Å². The summed E-state index contributed by atoms with van der Waals surface area (Å²) in [5.41, 5.74) is 9.19. The van der Waals surface area contributed by atoms with Crippen LogP contribution in [-0.2, 0) is 0 Å². The topological polar surface area (TPSA) is 15.3 Å². The minimum Gasteiger partial charge on any atom is -0.358 e. The van der Waals surface area contributed by atoms with Crippen LogP contribution < -0.4 is 5.32 Å². The standard InChI is InChI=1S/C28H33ClN2.C3H8/c1-5-10-26(24-13-8-9-14-25(24)29)30-27-18-31(16-15-19(27)2)28-17-20(3)22-11-6-7-12-23(22)21(28)4;1-3-2/h6-14,17,21,28,30H,5,15-16,18H2,1-4H3;3H2,1-2H3/b26-10+;. The summed E-state index contributed by atoms with van der Waals surface area (Å²) in [7, 11) is 0. The normalized spacial score (nSPS) is 20.8. The van der Waals surface area contributed by atoms with Gasteiger partial charge in [0.1, 0.15) is 0 Å². The summed E-state index contributed by atoms with van der Waals surface area (Å²) in [5, 5.41) is 4.56. The van der Waals surface area contributed by atoms with Crippen LogP contribution in [0.15, 0.2) is 72.0 Å². The van der Waals surface area contributed by atoms with Crippen molar-refractivity contribution >= 4 is 22.9 Å². The molecule has 0 saturated heterocycles. The van der Waals surface area contributed by atoms with Gasteiger partial charge in [0.2, 0.25) is 0 Å². The molecule has 0 fully saturated rings. The molecule has 0 bridgehead atoms. The number of hydrogen-bond donors (Lipinski definition) is 1. The van der Waals surface area contributed by atoms with Gasteiger partial charge in [-0.15, -0.1) is 0 Å². The Kier molecular flexibility index (Phi) is 9.62. The molecule has 4 rings (SSSR count). The molecule has 1 aliphatic heterocycles. The Labute approximate surface area is 212 Å². The van der Waals surface area contributed by atoms with Gasteiger partial charge in [-0.2, -0.15) is 0 Å². The summed E-state index contributed by atoms with van der Waals surface area (Å²) < 4.78 is 0. The van der Waals surface area contributed by atoms with E-state index in [1.807, 2.05) is 12.1 Å². The van der Waals surface area contributed by atoms with Crippen LogP contribution in [0.4, 0.5) is 0 Å². The van der Waals surface area contributed by atoms with Crippen molar-refractivity contribution in [2.45, 2.75) is 72.8 Å². The smallest absolute Gasteiger partial charge is 0.0499 e. The SMILES string of the molecule is CC/C=C(/NC1=C(C)CCN(C2C=C(C)c3ccccc3C2C)C1)c1ccccc1Cl.CCC. The zero-order chi connectivity index (χ0) is 24.7. The Morgan fingerprint density at radius 1 is 1.06 bits per heavy atom. The largest absolute Gasteiger partial charge is 0.358 e. The maximum atomic E-state index is 6.53. The zero-order valence-electron chi connectivity index (χ0n) is 21.8. The van der Waals surface area contributed by atoms with Crippen molar-refractivity contribution in [3.63, 3.8) is 0 Å². The first-order valence-corrected chi connectivity index (χ1v) is 13.2. The van der Waals surface area contributed by atoms with Crippen LogP contribution in [0.1, 0.15) is 83.4 Å². The molecule has 182 valence electrons. The van der Waals surface area contributed by atoms with E-state index in [2.05, 4.69) is 100 Å². The second kappa shape index (κ2) is 12.4. The highest BCUT2D eigenvalue weighted by Gasteiger charge is 2.31. The highest BCUT2D eigenvalue weighted by molar-refractivity contribution is 6.32. The lowest BCUT2D eigenvalue weighted by atomic mass is 9.80. The van der Waals surface area contributed by atoms with Gasteiger partial charge in [0.25, 0.3) is 0 Å². The van der Waals surface area contributed by atoms with E-state index in [0.717, 1.165) is 42.2 Å². The summed E-state index contributed by atoms with van der Waals surface area (Å²) in [5.74, 6) is 0.480. The minimum atomic E-state index is 0.415. The zero-order valence-corrected chi connectivity index (χ0v) is 22.5. The van der Waals surface area contributed by atoms with E-state index in [4.69, 9.17) is 11.6 Å². The molecule has 2 atom stereocenters. The minimum absolute atomic E-state index is 0.415. The number of nitrogens with zero attached hydrogens (tertiary/aromatic N) is 1. The molecule has 2 aromatic rings. The summed E-state index contributed by atoms with van der Waals surface area (Å²) in [4.78, 5) is 2.63. The van der Waals surface area contributed by atoms with E-state index in [9.17, 15) is 0 Å². The molecule has 2 aromatic carbocycles. The predicted molar refractivity (Wildman–Crippen MR) is 150 cm³/mol. The molecule has 0 saturated carbocycles. The Balaban J connectivity index is 0.00000103. The van der Waals surface area contributed by atoms with Crippen LogP contribution >= 0.6 is 11.6 Å². The molecule has 1 heterocycles. The molecule has 0 amide bonds. The summed E-state index contributed by atoms with van der Waals surface area (Å²) in [6.07, 6.45) is 8.01. The predicted octanol–water partition coefficient (Wildman–Crippen LogP) is 8.67. The molecule has 0 radical (unpaired) electrons. The van der Waals surface area contributed by atoms with Crippen molar-refractivity contribution in [3.8, 4) is 0 Å². The van der Waals surface area contributed by atoms with Gasteiger partial charge in [-0.3, -0.25) is 4.90 Å². The average Bonchev–Trinajstić information content (AvgIpc) is 2.83. The lowest BCUT2D eigenvalue weighted by Gasteiger charge is -2.41. The average molecular weight is 477 g/mol. The first-order valence-electron chi connectivity index (χ1n) is 12.8. The van der Waals surface area contributed by atoms with E-state index in [0.29, 0.717) is 12.0 Å². The maximum absolute atomic E-state index is 6.53. The number of allylic oxidation sites excluding steroid dienone is 2. The van der Waals surface area contributed by atoms with E-state index in [-0.39, 0.29) is 0 Å². The summed E-state index contributed by atoms with van der Waals surface area (Å²) in [6, 6.07) is 17.4. The Hall–Kier alpha value is -2.29. The molecular weight excluding hydrogens is 436 g/mol. The van der Waals surface area contributed by atoms with Gasteiger partial charge in [-0.25, -0.2) is 0 Å². The van der Waals surface area contributed by atoms with Crippen LogP contribution in [-0.4, -0.2) is 24.0 Å². The molecule has 34 heavy (non-hydrogen) atoms. The molecule has 0 spiro atoms. The number of benzene rings is 2. The second-order valence-electron chi connectivity index (χ2n) is 9.53. The fourth-order valence-corrected chi connectivity index (χ4v) is 5.14. The number of rotatable bonds is 5. The lowest BCUT2D eigenvalue weighted by Crippen LogP contribution is -2.45. The van der Waals surface area contributed by atoms with Gasteiger partial charge in [-0.05, 0) is 49.5 Å². The highest BCUT2D eigenvalue weighted by Crippen LogP contribution is 2.37. The van der Waals surface area contributed by atoms with E-state index < -0.39 is 0 Å². The van der Waals surface area contributed by atoms with Crippen molar-refractivity contribution in [1.29, 1.82) is 0 Å². The number of fused-ring (bicyclic) bond motifs is 1. The van der Waals surface area contributed by atoms with Gasteiger partial charge in [0.15, 0.2) is 0 Å². The van der Waals surface area contributed by atoms with Gasteiger partial charge in [-0.1, -0.05) is 106 Å². The second-order valence-corrected chi connectivity index (χ2v) is 9.94. The molecule has 1 N–H and O–H groups in total. The van der Waals surface area contributed by atoms with Crippen molar-refractivity contribution in [2.75, 3.05) is 13.1 Å². The van der Waals surface area contributed by atoms with Gasteiger partial charge < -0.3 is 5.32 Å². The van der Waals surface area contributed by atoms with Crippen LogP contribution in [0.3, 0.4) is 0 Å². The third-order valence-corrected chi connectivity index (χ3v) is 7.07. The molecule has 2 aliphatic rings. The first-order chi connectivity index (χ1) is 16.4. The van der Waals surface area contributed by atoms with E-state index >= 15 is 0 Å². The molecule has 1 aliphatic carbocycles. The number of hydrogen-bond acceptors (Lipinski definition) is 2. The first kappa shape index (κ1) is 26.3. The lowest BCUT2D eigenvalue weighted by molar-refractivity contribution is 0.213. The number of halogens is 1. The summed E-state index contributed by atoms with van der Waals surface area (Å²) >= 11 is 6.53. The van der Waals surface area contributed by atoms with E-state index in [1.165, 1.54) is 34.4 Å². The fourth-order valence-electron chi connectivity index (χ4n) is 4.90. The van der Waals surface area contributed by atoms with E-state index in [1.54, 1.807) is 0 Å². The van der Waals surface area contributed by atoms with Crippen LogP contribution in [0.25, 0.3) is 11.3 Å². The Morgan fingerprint density at radius 3 is 2.44 bits per heavy atom. The molecule has 0 aromatic heterocycles. The van der Waals surface area contributed by atoms with Gasteiger partial charge >= 0.3 is 0 Å². The van der Waals surface area contributed by atoms with Crippen molar-refractivity contribution in [2.24, 2.45) is 0 Å². The maximum Gasteiger partial charge on any atom is 0.0499 e. The third kappa shape index (κ3) is 6.03. The Morgan fingerprint density at radius 2 is 1.74 bits per heavy atom. The van der Waals surface area contributed by atoms with Crippen LogP contribution in [0.2, 0.25) is 5.02 Å². The number of nitrogens with one attached hydrogen (secondary N) is 1. The fraction of sp³-hybridized carbons (Fsp3) is 0.419. The van der Waals surface area contributed by atoms with Crippen LogP contribution in [0.5, 0.6) is 0 Å². The highest BCUT2D eigenvalue weighted by atomic mass is 35.5. The van der Waals surface area contributed by atoms with Crippen molar-refractivity contribution in [3.05, 3.63) is 93.7 Å². The van der Waals surface area contributed by atoms with Gasteiger partial charge in [0.05, 0.1) is 0 Å². The molecular formula is C31H41ClN2.